The van der Waals surface area contributed by atoms with Crippen LogP contribution in [0.2, 0.25) is 0 Å². The molecular formula is C10H17N5O2S. The van der Waals surface area contributed by atoms with Crippen LogP contribution in [0.4, 0.5) is 0 Å². The maximum atomic E-state index is 10.6. The van der Waals surface area contributed by atoms with Gasteiger partial charge in [-0.25, -0.2) is 4.68 Å². The molecule has 0 unspecified atom stereocenters. The number of hydrogen-bond donors (Lipinski definition) is 1. The quantitative estimate of drug-likeness (QED) is 0.565. The lowest BCUT2D eigenvalue weighted by molar-refractivity contribution is -0.138. The molecule has 0 amide bonds. The maximum Gasteiger partial charge on any atom is 0.325 e. The smallest absolute Gasteiger partial charge is 0.325 e. The average Bonchev–Trinajstić information content (AvgIpc) is 2.95. The first kappa shape index (κ1) is 13.3. The van der Waals surface area contributed by atoms with Crippen molar-refractivity contribution in [1.82, 2.24) is 25.1 Å². The lowest BCUT2D eigenvalue weighted by Crippen LogP contribution is -2.20. The minimum absolute atomic E-state index is 0.179. The number of carboxylic acid groups (broad SMARTS) is 1. The van der Waals surface area contributed by atoms with E-state index in [0.29, 0.717) is 5.16 Å². The molecule has 7 nitrogen and oxygen atoms in total. The zero-order valence-electron chi connectivity index (χ0n) is 10.2. The Morgan fingerprint density at radius 2 is 2.17 bits per heavy atom. The van der Waals surface area contributed by atoms with Crippen LogP contribution < -0.4 is 0 Å². The van der Waals surface area contributed by atoms with E-state index in [2.05, 4.69) is 20.4 Å². The lowest BCUT2D eigenvalue weighted by atomic mass is 10.4. The molecule has 1 aromatic heterocycles. The summed E-state index contributed by atoms with van der Waals surface area (Å²) in [5, 5.41) is 20.3. The average molecular weight is 271 g/mol. The third-order valence-corrected chi connectivity index (χ3v) is 3.88. The molecule has 0 atom stereocenters. The number of carbonyl (C=O) groups is 1. The molecule has 0 bridgehead atoms. The monoisotopic (exact) mass is 271 g/mol. The second kappa shape index (κ2) is 6.69. The first-order valence-electron chi connectivity index (χ1n) is 6.09. The van der Waals surface area contributed by atoms with Crippen molar-refractivity contribution in [1.29, 1.82) is 0 Å². The highest BCUT2D eigenvalue weighted by Crippen LogP contribution is 2.15. The van der Waals surface area contributed by atoms with Crippen molar-refractivity contribution in [2.75, 3.05) is 25.4 Å². The van der Waals surface area contributed by atoms with E-state index in [9.17, 15) is 4.79 Å². The van der Waals surface area contributed by atoms with Crippen molar-refractivity contribution >= 4 is 17.7 Å². The summed E-state index contributed by atoms with van der Waals surface area (Å²) >= 11 is 1.52. The maximum absolute atomic E-state index is 10.6. The highest BCUT2D eigenvalue weighted by Gasteiger charge is 2.12. The van der Waals surface area contributed by atoms with Gasteiger partial charge in [0.1, 0.15) is 6.54 Å². The predicted molar refractivity (Wildman–Crippen MR) is 66.5 cm³/mol. The van der Waals surface area contributed by atoms with E-state index in [-0.39, 0.29) is 6.54 Å². The van der Waals surface area contributed by atoms with E-state index >= 15 is 0 Å². The number of tetrazole rings is 1. The molecular weight excluding hydrogens is 254 g/mol. The highest BCUT2D eigenvalue weighted by molar-refractivity contribution is 7.99. The van der Waals surface area contributed by atoms with Crippen molar-refractivity contribution in [2.45, 2.75) is 31.0 Å². The van der Waals surface area contributed by atoms with Crippen molar-refractivity contribution < 1.29 is 9.90 Å². The lowest BCUT2D eigenvalue weighted by Gasteiger charge is -2.13. The van der Waals surface area contributed by atoms with Crippen LogP contribution in [0.3, 0.4) is 0 Å². The number of aromatic nitrogens is 4. The summed E-state index contributed by atoms with van der Waals surface area (Å²) in [5.74, 6) is -0.0162. The summed E-state index contributed by atoms with van der Waals surface area (Å²) in [6, 6.07) is 0. The third-order valence-electron chi connectivity index (χ3n) is 2.83. The van der Waals surface area contributed by atoms with Gasteiger partial charge in [-0.15, -0.1) is 5.10 Å². The van der Waals surface area contributed by atoms with Gasteiger partial charge >= 0.3 is 5.97 Å². The Labute approximate surface area is 110 Å². The largest absolute Gasteiger partial charge is 0.480 e. The molecule has 2 rings (SSSR count). The fourth-order valence-electron chi connectivity index (χ4n) is 1.99. The van der Waals surface area contributed by atoms with E-state index in [4.69, 9.17) is 5.11 Å². The minimum Gasteiger partial charge on any atom is -0.480 e. The summed E-state index contributed by atoms with van der Waals surface area (Å²) < 4.78 is 1.32. The van der Waals surface area contributed by atoms with Crippen molar-refractivity contribution in [3.05, 3.63) is 0 Å². The Balaban J connectivity index is 1.69. The molecule has 1 aliphatic heterocycles. The Bertz CT molecular complexity index is 391. The minimum atomic E-state index is -0.929. The second-order valence-corrected chi connectivity index (χ2v) is 5.33. The first-order chi connectivity index (χ1) is 8.75. The molecule has 1 saturated heterocycles. The number of carboxylic acids is 1. The van der Waals surface area contributed by atoms with Crippen LogP contribution in [0, 0.1) is 0 Å². The molecule has 1 N–H and O–H groups in total. The zero-order chi connectivity index (χ0) is 12.8. The van der Waals surface area contributed by atoms with Crippen LogP contribution in [-0.2, 0) is 11.3 Å². The highest BCUT2D eigenvalue weighted by atomic mass is 32.2. The van der Waals surface area contributed by atoms with E-state index in [1.54, 1.807) is 0 Å². The van der Waals surface area contributed by atoms with E-state index in [0.717, 1.165) is 18.7 Å². The van der Waals surface area contributed by atoms with Gasteiger partial charge in [0.15, 0.2) is 0 Å². The second-order valence-electron chi connectivity index (χ2n) is 4.26. The van der Waals surface area contributed by atoms with Crippen LogP contribution in [0.15, 0.2) is 5.16 Å². The fourth-order valence-corrected chi connectivity index (χ4v) is 2.79. The number of thioether (sulfide) groups is 1. The number of hydrogen-bond acceptors (Lipinski definition) is 6. The van der Waals surface area contributed by atoms with Gasteiger partial charge < -0.3 is 10.0 Å². The molecule has 100 valence electrons. The first-order valence-corrected chi connectivity index (χ1v) is 7.07. The van der Waals surface area contributed by atoms with Gasteiger partial charge in [-0.3, -0.25) is 4.79 Å². The number of nitrogens with zero attached hydrogens (tertiary/aromatic N) is 5. The van der Waals surface area contributed by atoms with Gasteiger partial charge in [-0.05, 0) is 49.3 Å². The SMILES string of the molecule is O=C(O)Cn1nnnc1SCCCN1CCCC1. The van der Waals surface area contributed by atoms with Crippen LogP contribution in [0.1, 0.15) is 19.3 Å². The topological polar surface area (TPSA) is 84.1 Å². The van der Waals surface area contributed by atoms with Gasteiger partial charge in [0.05, 0.1) is 0 Å². The molecule has 18 heavy (non-hydrogen) atoms. The van der Waals surface area contributed by atoms with Crippen LogP contribution >= 0.6 is 11.8 Å². The molecule has 8 heteroatoms. The van der Waals surface area contributed by atoms with E-state index in [1.807, 2.05) is 0 Å². The Kier molecular flexibility index (Phi) is 4.94. The predicted octanol–water partition coefficient (Wildman–Crippen LogP) is 0.336. The molecule has 1 aromatic rings. The molecule has 0 aromatic carbocycles. The van der Waals surface area contributed by atoms with Gasteiger partial charge in [-0.2, -0.15) is 0 Å². The molecule has 1 aliphatic rings. The summed E-state index contributed by atoms with van der Waals surface area (Å²) in [7, 11) is 0. The van der Waals surface area contributed by atoms with E-state index < -0.39 is 5.97 Å². The van der Waals surface area contributed by atoms with Crippen LogP contribution in [0.25, 0.3) is 0 Å². The third kappa shape index (κ3) is 3.95. The molecule has 1 fully saturated rings. The summed E-state index contributed by atoms with van der Waals surface area (Å²) in [5.41, 5.74) is 0. The summed E-state index contributed by atoms with van der Waals surface area (Å²) in [4.78, 5) is 13.0. The molecule has 0 spiro atoms. The van der Waals surface area contributed by atoms with Gasteiger partial charge in [0.25, 0.3) is 0 Å². The van der Waals surface area contributed by atoms with Crippen molar-refractivity contribution in [2.24, 2.45) is 0 Å². The molecule has 0 aliphatic carbocycles. The Morgan fingerprint density at radius 1 is 1.39 bits per heavy atom. The molecule has 0 saturated carbocycles. The van der Waals surface area contributed by atoms with Crippen LogP contribution in [0.5, 0.6) is 0 Å². The molecule has 0 radical (unpaired) electrons. The fraction of sp³-hybridized carbons (Fsp3) is 0.800. The number of likely N-dealkylation sites (tertiary alicyclic amines) is 1. The summed E-state index contributed by atoms with van der Waals surface area (Å²) in [6.45, 7) is 3.35. The Morgan fingerprint density at radius 3 is 2.89 bits per heavy atom. The van der Waals surface area contributed by atoms with Gasteiger partial charge in [-0.1, -0.05) is 11.8 Å². The van der Waals surface area contributed by atoms with Crippen molar-refractivity contribution in [3.8, 4) is 0 Å². The summed E-state index contributed by atoms with van der Waals surface area (Å²) in [6.07, 6.45) is 3.69. The van der Waals surface area contributed by atoms with Gasteiger partial charge in [0, 0.05) is 5.75 Å². The standard InChI is InChI=1S/C10H17N5O2S/c16-9(17)8-15-10(11-12-13-15)18-7-3-6-14-4-1-2-5-14/h1-8H2,(H,16,17). The normalized spacial score (nSPS) is 16.2. The van der Waals surface area contributed by atoms with E-state index in [1.165, 1.54) is 42.4 Å². The zero-order valence-corrected chi connectivity index (χ0v) is 11.0. The number of aliphatic carboxylic acids is 1. The molecule has 2 heterocycles. The van der Waals surface area contributed by atoms with Crippen molar-refractivity contribution in [3.63, 3.8) is 0 Å². The van der Waals surface area contributed by atoms with Crippen LogP contribution in [-0.4, -0.2) is 61.6 Å². The Hall–Kier alpha value is -1.15. The number of rotatable bonds is 7. The van der Waals surface area contributed by atoms with Gasteiger partial charge in [0.2, 0.25) is 5.16 Å².